The Balaban J connectivity index is 2.49. The first-order chi connectivity index (χ1) is 6.76. The van der Waals surface area contributed by atoms with Crippen LogP contribution in [0.4, 0.5) is 5.69 Å². The van der Waals surface area contributed by atoms with Crippen LogP contribution in [0, 0.1) is 11.3 Å². The number of nitrogens with one attached hydrogen (secondary N) is 1. The molecule has 1 unspecified atom stereocenters. The molecular formula is C11H10N2O. The van der Waals surface area contributed by atoms with Crippen LogP contribution in [0.25, 0.3) is 0 Å². The lowest BCUT2D eigenvalue weighted by Crippen LogP contribution is -2.10. The van der Waals surface area contributed by atoms with Crippen LogP contribution in [0.3, 0.4) is 0 Å². The summed E-state index contributed by atoms with van der Waals surface area (Å²) in [6.07, 6.45) is 0.796. The van der Waals surface area contributed by atoms with Gasteiger partial charge in [0.1, 0.15) is 0 Å². The van der Waals surface area contributed by atoms with E-state index >= 15 is 0 Å². The number of amides is 1. The first-order valence-corrected chi connectivity index (χ1v) is 4.61. The largest absolute Gasteiger partial charge is 0.325 e. The summed E-state index contributed by atoms with van der Waals surface area (Å²) in [7, 11) is 0. The maximum absolute atomic E-state index is 11.5. The van der Waals surface area contributed by atoms with Crippen molar-refractivity contribution in [2.75, 3.05) is 5.32 Å². The van der Waals surface area contributed by atoms with Crippen LogP contribution in [-0.4, -0.2) is 5.91 Å². The van der Waals surface area contributed by atoms with Crippen LogP contribution in [0.5, 0.6) is 0 Å². The number of hydrogen-bond donors (Lipinski definition) is 1. The van der Waals surface area contributed by atoms with Crippen molar-refractivity contribution in [1.29, 1.82) is 5.26 Å². The van der Waals surface area contributed by atoms with E-state index in [9.17, 15) is 4.79 Å². The summed E-state index contributed by atoms with van der Waals surface area (Å²) in [5.41, 5.74) is 2.39. The minimum absolute atomic E-state index is 0.0394. The number of hydrogen-bond acceptors (Lipinski definition) is 2. The quantitative estimate of drug-likeness (QED) is 0.729. The third-order valence-electron chi connectivity index (χ3n) is 2.54. The number of benzene rings is 1. The minimum Gasteiger partial charge on any atom is -0.325 e. The van der Waals surface area contributed by atoms with Gasteiger partial charge in [-0.15, -0.1) is 0 Å². The molecule has 1 aliphatic rings. The van der Waals surface area contributed by atoms with Gasteiger partial charge < -0.3 is 5.32 Å². The lowest BCUT2D eigenvalue weighted by Gasteiger charge is -2.03. The number of nitrogens with zero attached hydrogens (tertiary/aromatic N) is 1. The van der Waals surface area contributed by atoms with E-state index < -0.39 is 0 Å². The molecule has 1 N–H and O–H groups in total. The molecule has 3 heteroatoms. The zero-order valence-electron chi connectivity index (χ0n) is 7.87. The highest BCUT2D eigenvalue weighted by molar-refractivity contribution is 6.03. The Morgan fingerprint density at radius 3 is 3.00 bits per heavy atom. The molecule has 0 fully saturated rings. The Labute approximate surface area is 82.4 Å². The van der Waals surface area contributed by atoms with Gasteiger partial charge in [-0.1, -0.05) is 13.0 Å². The SMILES string of the molecule is CCC1C(=O)Nc2cc(C#N)ccc21. The summed E-state index contributed by atoms with van der Waals surface area (Å²) in [5, 5.41) is 11.5. The molecular weight excluding hydrogens is 176 g/mol. The predicted octanol–water partition coefficient (Wildman–Crippen LogP) is 2.00. The molecule has 3 nitrogen and oxygen atoms in total. The summed E-state index contributed by atoms with van der Waals surface area (Å²) < 4.78 is 0. The zero-order valence-corrected chi connectivity index (χ0v) is 7.87. The van der Waals surface area contributed by atoms with E-state index in [1.165, 1.54) is 0 Å². The zero-order chi connectivity index (χ0) is 10.1. The number of fused-ring (bicyclic) bond motifs is 1. The van der Waals surface area contributed by atoms with Crippen molar-refractivity contribution in [3.63, 3.8) is 0 Å². The van der Waals surface area contributed by atoms with Crippen LogP contribution < -0.4 is 5.32 Å². The Bertz CT molecular complexity index is 431. The average molecular weight is 186 g/mol. The third kappa shape index (κ3) is 1.16. The van der Waals surface area contributed by atoms with Crippen molar-refractivity contribution in [2.45, 2.75) is 19.3 Å². The second kappa shape index (κ2) is 3.15. The normalized spacial score (nSPS) is 18.6. The number of rotatable bonds is 1. The van der Waals surface area contributed by atoms with E-state index in [4.69, 9.17) is 5.26 Å². The van der Waals surface area contributed by atoms with E-state index in [0.29, 0.717) is 5.56 Å². The van der Waals surface area contributed by atoms with Crippen molar-refractivity contribution in [1.82, 2.24) is 0 Å². The van der Waals surface area contributed by atoms with Crippen LogP contribution in [0.1, 0.15) is 30.4 Å². The Morgan fingerprint density at radius 2 is 2.36 bits per heavy atom. The van der Waals surface area contributed by atoms with Gasteiger partial charge in [-0.05, 0) is 24.1 Å². The highest BCUT2D eigenvalue weighted by atomic mass is 16.2. The van der Waals surface area contributed by atoms with Crippen LogP contribution >= 0.6 is 0 Å². The second-order valence-corrected chi connectivity index (χ2v) is 3.36. The molecule has 1 aliphatic heterocycles. The molecule has 1 aromatic carbocycles. The fourth-order valence-electron chi connectivity index (χ4n) is 1.80. The fourth-order valence-corrected chi connectivity index (χ4v) is 1.80. The van der Waals surface area contributed by atoms with Crippen LogP contribution in [0.2, 0.25) is 0 Å². The molecule has 0 aromatic heterocycles. The van der Waals surface area contributed by atoms with Gasteiger partial charge in [0.15, 0.2) is 0 Å². The van der Waals surface area contributed by atoms with Crippen molar-refractivity contribution >= 4 is 11.6 Å². The highest BCUT2D eigenvalue weighted by Crippen LogP contribution is 2.34. The van der Waals surface area contributed by atoms with Crippen molar-refractivity contribution in [3.8, 4) is 6.07 Å². The standard InChI is InChI=1S/C11H10N2O/c1-2-8-9-4-3-7(6-12)5-10(9)13-11(8)14/h3-5,8H,2H2,1H3,(H,13,14). The van der Waals surface area contributed by atoms with E-state index in [0.717, 1.165) is 17.7 Å². The monoisotopic (exact) mass is 186 g/mol. The molecule has 1 amide bonds. The predicted molar refractivity (Wildman–Crippen MR) is 52.8 cm³/mol. The summed E-state index contributed by atoms with van der Waals surface area (Å²) in [6.45, 7) is 1.98. The highest BCUT2D eigenvalue weighted by Gasteiger charge is 2.28. The molecule has 0 saturated carbocycles. The lowest BCUT2D eigenvalue weighted by atomic mass is 9.97. The first kappa shape index (κ1) is 8.76. The maximum Gasteiger partial charge on any atom is 0.231 e. The molecule has 0 radical (unpaired) electrons. The first-order valence-electron chi connectivity index (χ1n) is 4.61. The summed E-state index contributed by atoms with van der Waals surface area (Å²) in [4.78, 5) is 11.5. The van der Waals surface area contributed by atoms with Crippen molar-refractivity contribution < 1.29 is 4.79 Å². The molecule has 1 heterocycles. The van der Waals surface area contributed by atoms with Gasteiger partial charge in [-0.3, -0.25) is 4.79 Å². The van der Waals surface area contributed by atoms with Crippen molar-refractivity contribution in [3.05, 3.63) is 29.3 Å². The average Bonchev–Trinajstić information content (AvgIpc) is 2.51. The van der Waals surface area contributed by atoms with Crippen LogP contribution in [-0.2, 0) is 4.79 Å². The Hall–Kier alpha value is -1.82. The van der Waals surface area contributed by atoms with Gasteiger partial charge >= 0.3 is 0 Å². The lowest BCUT2D eigenvalue weighted by molar-refractivity contribution is -0.117. The smallest absolute Gasteiger partial charge is 0.231 e. The molecule has 14 heavy (non-hydrogen) atoms. The number of nitriles is 1. The van der Waals surface area contributed by atoms with Gasteiger partial charge in [0.05, 0.1) is 17.6 Å². The molecule has 0 bridgehead atoms. The summed E-state index contributed by atoms with van der Waals surface area (Å²) in [6, 6.07) is 7.39. The van der Waals surface area contributed by atoms with Crippen LogP contribution in [0.15, 0.2) is 18.2 Å². The van der Waals surface area contributed by atoms with E-state index in [1.807, 2.05) is 13.0 Å². The fraction of sp³-hybridized carbons (Fsp3) is 0.273. The topological polar surface area (TPSA) is 52.9 Å². The molecule has 2 rings (SSSR count). The van der Waals surface area contributed by atoms with E-state index in [-0.39, 0.29) is 11.8 Å². The van der Waals surface area contributed by atoms with Crippen molar-refractivity contribution in [2.24, 2.45) is 0 Å². The number of carbonyl (C=O) groups excluding carboxylic acids is 1. The molecule has 0 saturated heterocycles. The second-order valence-electron chi connectivity index (χ2n) is 3.36. The third-order valence-corrected chi connectivity index (χ3v) is 2.54. The number of carbonyl (C=O) groups is 1. The van der Waals surface area contributed by atoms with E-state index in [2.05, 4.69) is 11.4 Å². The molecule has 1 aromatic rings. The number of anilines is 1. The van der Waals surface area contributed by atoms with Gasteiger partial charge in [0, 0.05) is 5.69 Å². The maximum atomic E-state index is 11.5. The van der Waals surface area contributed by atoms with Gasteiger partial charge in [0.25, 0.3) is 0 Å². The van der Waals surface area contributed by atoms with E-state index in [1.54, 1.807) is 12.1 Å². The van der Waals surface area contributed by atoms with Gasteiger partial charge in [-0.25, -0.2) is 0 Å². The van der Waals surface area contributed by atoms with Gasteiger partial charge in [0.2, 0.25) is 5.91 Å². The van der Waals surface area contributed by atoms with Gasteiger partial charge in [-0.2, -0.15) is 5.26 Å². The Kier molecular flexibility index (Phi) is 1.97. The molecule has 1 atom stereocenters. The molecule has 0 aliphatic carbocycles. The molecule has 70 valence electrons. The molecule has 0 spiro atoms. The summed E-state index contributed by atoms with van der Waals surface area (Å²) >= 11 is 0. The summed E-state index contributed by atoms with van der Waals surface area (Å²) in [5.74, 6) is -0.00432. The Morgan fingerprint density at radius 1 is 1.57 bits per heavy atom. The minimum atomic E-state index is -0.0438.